The maximum Gasteiger partial charge on any atom is 0.255 e. The summed E-state index contributed by atoms with van der Waals surface area (Å²) in [5.41, 5.74) is 9.65. The van der Waals surface area contributed by atoms with Crippen LogP contribution in [0.15, 0.2) is 30.3 Å². The van der Waals surface area contributed by atoms with Gasteiger partial charge in [-0.25, -0.2) is 0 Å². The number of carbonyl (C=O) groups excluding carboxylic acids is 1. The molecule has 1 aromatic heterocycles. The lowest BCUT2D eigenvalue weighted by Crippen LogP contribution is -2.32. The van der Waals surface area contributed by atoms with Crippen molar-refractivity contribution in [2.45, 2.75) is 26.3 Å². The minimum absolute atomic E-state index is 0.0706. The second-order valence-electron chi connectivity index (χ2n) is 5.90. The topological polar surface area (TPSA) is 51.3 Å². The molecule has 1 fully saturated rings. The van der Waals surface area contributed by atoms with Gasteiger partial charge in [-0.1, -0.05) is 11.6 Å². The first-order valence-corrected chi connectivity index (χ1v) is 7.85. The van der Waals surface area contributed by atoms with Crippen molar-refractivity contribution in [1.29, 1.82) is 0 Å². The van der Waals surface area contributed by atoms with Crippen molar-refractivity contribution < 1.29 is 4.79 Å². The van der Waals surface area contributed by atoms with Gasteiger partial charge >= 0.3 is 0 Å². The van der Waals surface area contributed by atoms with E-state index in [9.17, 15) is 4.79 Å². The molecule has 5 heteroatoms. The molecule has 1 aromatic carbocycles. The van der Waals surface area contributed by atoms with Gasteiger partial charge in [0.2, 0.25) is 0 Å². The lowest BCUT2D eigenvalue weighted by atomic mass is 10.2. The molecule has 0 radical (unpaired) electrons. The third-order valence-corrected chi connectivity index (χ3v) is 4.51. The molecule has 0 bridgehead atoms. The molecule has 0 aliphatic carbocycles. The number of benzene rings is 1. The average molecular weight is 318 g/mol. The molecule has 2 heterocycles. The monoisotopic (exact) mass is 317 g/mol. The molecule has 2 aromatic rings. The van der Waals surface area contributed by atoms with Crippen LogP contribution >= 0.6 is 11.6 Å². The largest absolute Gasteiger partial charge is 0.337 e. The summed E-state index contributed by atoms with van der Waals surface area (Å²) in [6.45, 7) is 5.37. The Kier molecular flexibility index (Phi) is 3.98. The second-order valence-corrected chi connectivity index (χ2v) is 6.33. The Hall–Kier alpha value is -1.78. The summed E-state index contributed by atoms with van der Waals surface area (Å²) >= 11 is 5.95. The first kappa shape index (κ1) is 15.1. The number of amides is 1. The summed E-state index contributed by atoms with van der Waals surface area (Å²) in [6.07, 6.45) is 0.877. The molecule has 0 unspecified atom stereocenters. The fourth-order valence-electron chi connectivity index (χ4n) is 3.11. The van der Waals surface area contributed by atoms with E-state index in [-0.39, 0.29) is 11.9 Å². The van der Waals surface area contributed by atoms with E-state index in [0.29, 0.717) is 11.6 Å². The third-order valence-electron chi connectivity index (χ3n) is 4.26. The zero-order chi connectivity index (χ0) is 15.9. The standard InChI is InChI=1S/C17H20ClN3O/c1-11-9-16(17(22)20-8-7-14(19)10-20)12(2)21(11)15-5-3-13(18)4-6-15/h3-6,9,14H,7-8,10,19H2,1-2H3/t14-/m1/s1. The van der Waals surface area contributed by atoms with E-state index >= 15 is 0 Å². The summed E-state index contributed by atoms with van der Waals surface area (Å²) in [6, 6.07) is 9.69. The number of aryl methyl sites for hydroxylation is 1. The minimum atomic E-state index is 0.0706. The molecule has 1 amide bonds. The smallest absolute Gasteiger partial charge is 0.255 e. The van der Waals surface area contributed by atoms with Gasteiger partial charge in [0.1, 0.15) is 0 Å². The number of hydrogen-bond donors (Lipinski definition) is 1. The molecule has 1 saturated heterocycles. The van der Waals surface area contributed by atoms with Crippen molar-refractivity contribution in [1.82, 2.24) is 9.47 Å². The number of nitrogens with zero attached hydrogens (tertiary/aromatic N) is 2. The Morgan fingerprint density at radius 3 is 2.55 bits per heavy atom. The zero-order valence-corrected chi connectivity index (χ0v) is 13.6. The number of likely N-dealkylation sites (tertiary alicyclic amines) is 1. The second kappa shape index (κ2) is 5.78. The van der Waals surface area contributed by atoms with Gasteiger partial charge in [0, 0.05) is 41.2 Å². The van der Waals surface area contributed by atoms with Gasteiger partial charge in [-0.2, -0.15) is 0 Å². The van der Waals surface area contributed by atoms with Crippen LogP contribution in [0.25, 0.3) is 5.69 Å². The molecular formula is C17H20ClN3O. The normalized spacial score (nSPS) is 18.0. The van der Waals surface area contributed by atoms with E-state index in [2.05, 4.69) is 4.57 Å². The van der Waals surface area contributed by atoms with E-state index in [1.54, 1.807) is 0 Å². The van der Waals surface area contributed by atoms with Gasteiger partial charge in [-0.3, -0.25) is 4.79 Å². The molecule has 1 aliphatic rings. The molecule has 22 heavy (non-hydrogen) atoms. The summed E-state index contributed by atoms with van der Waals surface area (Å²) in [4.78, 5) is 14.5. The molecular weight excluding hydrogens is 298 g/mol. The summed E-state index contributed by atoms with van der Waals surface area (Å²) in [7, 11) is 0. The van der Waals surface area contributed by atoms with Crippen molar-refractivity contribution >= 4 is 17.5 Å². The highest BCUT2D eigenvalue weighted by molar-refractivity contribution is 6.30. The van der Waals surface area contributed by atoms with Crippen LogP contribution < -0.4 is 5.73 Å². The maximum absolute atomic E-state index is 12.7. The predicted octanol–water partition coefficient (Wildman–Crippen LogP) is 2.92. The molecule has 2 N–H and O–H groups in total. The van der Waals surface area contributed by atoms with Crippen molar-refractivity contribution in [3.05, 3.63) is 52.3 Å². The van der Waals surface area contributed by atoms with Crippen molar-refractivity contribution in [3.8, 4) is 5.69 Å². The van der Waals surface area contributed by atoms with Crippen LogP contribution in [0, 0.1) is 13.8 Å². The van der Waals surface area contributed by atoms with Crippen LogP contribution in [0.2, 0.25) is 5.02 Å². The minimum Gasteiger partial charge on any atom is -0.337 e. The van der Waals surface area contributed by atoms with E-state index in [0.717, 1.165) is 35.6 Å². The molecule has 3 rings (SSSR count). The Balaban J connectivity index is 1.96. The van der Waals surface area contributed by atoms with Crippen LogP contribution in [-0.4, -0.2) is 34.5 Å². The SMILES string of the molecule is Cc1cc(C(=O)N2CC[C@@H](N)C2)c(C)n1-c1ccc(Cl)cc1. The Morgan fingerprint density at radius 1 is 1.27 bits per heavy atom. The number of nitrogens with two attached hydrogens (primary N) is 1. The Bertz CT molecular complexity index is 705. The van der Waals surface area contributed by atoms with Crippen LogP contribution in [0.3, 0.4) is 0 Å². The lowest BCUT2D eigenvalue weighted by molar-refractivity contribution is 0.0790. The van der Waals surface area contributed by atoms with E-state index in [1.165, 1.54) is 0 Å². The molecule has 116 valence electrons. The van der Waals surface area contributed by atoms with Crippen molar-refractivity contribution in [2.24, 2.45) is 5.73 Å². The zero-order valence-electron chi connectivity index (χ0n) is 12.8. The highest BCUT2D eigenvalue weighted by atomic mass is 35.5. The number of halogens is 1. The third kappa shape index (κ3) is 2.64. The Morgan fingerprint density at radius 2 is 1.95 bits per heavy atom. The maximum atomic E-state index is 12.7. The predicted molar refractivity (Wildman–Crippen MR) is 88.7 cm³/mol. The summed E-state index contributed by atoms with van der Waals surface area (Å²) in [5, 5.41) is 0.702. The number of carbonyl (C=O) groups is 1. The van der Waals surface area contributed by atoms with E-state index in [1.807, 2.05) is 49.1 Å². The fraction of sp³-hybridized carbons (Fsp3) is 0.353. The van der Waals surface area contributed by atoms with Crippen molar-refractivity contribution in [2.75, 3.05) is 13.1 Å². The molecule has 0 spiro atoms. The first-order valence-electron chi connectivity index (χ1n) is 7.47. The Labute approximate surface area is 135 Å². The van der Waals surface area contributed by atoms with E-state index < -0.39 is 0 Å². The molecule has 4 nitrogen and oxygen atoms in total. The highest BCUT2D eigenvalue weighted by Gasteiger charge is 2.27. The first-order chi connectivity index (χ1) is 10.5. The van der Waals surface area contributed by atoms with Crippen LogP contribution in [0.4, 0.5) is 0 Å². The average Bonchev–Trinajstić information content (AvgIpc) is 3.04. The van der Waals surface area contributed by atoms with Gasteiger partial charge < -0.3 is 15.2 Å². The number of aromatic nitrogens is 1. The van der Waals surface area contributed by atoms with Gasteiger partial charge in [-0.05, 0) is 50.6 Å². The highest BCUT2D eigenvalue weighted by Crippen LogP contribution is 2.24. The number of hydrogen-bond acceptors (Lipinski definition) is 2. The summed E-state index contributed by atoms with van der Waals surface area (Å²) < 4.78 is 2.08. The quantitative estimate of drug-likeness (QED) is 0.926. The molecule has 1 aliphatic heterocycles. The molecule has 1 atom stereocenters. The van der Waals surface area contributed by atoms with Crippen LogP contribution in [-0.2, 0) is 0 Å². The van der Waals surface area contributed by atoms with Gasteiger partial charge in [0.25, 0.3) is 5.91 Å². The van der Waals surface area contributed by atoms with E-state index in [4.69, 9.17) is 17.3 Å². The van der Waals surface area contributed by atoms with Crippen LogP contribution in [0.5, 0.6) is 0 Å². The van der Waals surface area contributed by atoms with Gasteiger partial charge in [0.15, 0.2) is 0 Å². The van der Waals surface area contributed by atoms with Gasteiger partial charge in [0.05, 0.1) is 5.56 Å². The summed E-state index contributed by atoms with van der Waals surface area (Å²) in [5.74, 6) is 0.0706. The van der Waals surface area contributed by atoms with Crippen molar-refractivity contribution in [3.63, 3.8) is 0 Å². The van der Waals surface area contributed by atoms with Crippen LogP contribution in [0.1, 0.15) is 28.2 Å². The molecule has 0 saturated carbocycles. The fourth-order valence-corrected chi connectivity index (χ4v) is 3.23. The number of rotatable bonds is 2. The van der Waals surface area contributed by atoms with Gasteiger partial charge in [-0.15, -0.1) is 0 Å². The lowest BCUT2D eigenvalue weighted by Gasteiger charge is -2.16.